The summed E-state index contributed by atoms with van der Waals surface area (Å²) in [5, 5.41) is 0. The van der Waals surface area contributed by atoms with E-state index in [1.165, 1.54) is 0 Å². The van der Waals surface area contributed by atoms with Crippen LogP contribution in [0.3, 0.4) is 0 Å². The molecule has 21 heavy (non-hydrogen) atoms. The average molecular weight is 284 g/mol. The molecule has 0 aliphatic carbocycles. The molecule has 0 aliphatic heterocycles. The summed E-state index contributed by atoms with van der Waals surface area (Å²) in [6.07, 6.45) is 0. The number of aliphatic imine (C=N–C) groups is 1. The van der Waals surface area contributed by atoms with E-state index in [-0.39, 0.29) is 0 Å². The molecule has 2 N–H and O–H groups in total. The molecule has 0 aliphatic rings. The summed E-state index contributed by atoms with van der Waals surface area (Å²) >= 11 is 0. The number of hydrogen-bond acceptors (Lipinski definition) is 3. The first-order chi connectivity index (χ1) is 10.2. The Morgan fingerprint density at radius 1 is 0.952 bits per heavy atom. The number of rotatable bonds is 6. The van der Waals surface area contributed by atoms with Gasteiger partial charge in [0.25, 0.3) is 0 Å². The third-order valence-electron chi connectivity index (χ3n) is 2.85. The fourth-order valence-corrected chi connectivity index (χ4v) is 1.92. The van der Waals surface area contributed by atoms with Crippen molar-refractivity contribution < 1.29 is 9.47 Å². The van der Waals surface area contributed by atoms with E-state index in [4.69, 9.17) is 15.2 Å². The lowest BCUT2D eigenvalue weighted by atomic mass is 10.2. The van der Waals surface area contributed by atoms with Gasteiger partial charge in [-0.05, 0) is 26.0 Å². The van der Waals surface area contributed by atoms with Crippen molar-refractivity contribution >= 4 is 11.5 Å². The van der Waals surface area contributed by atoms with Crippen molar-refractivity contribution in [3.8, 4) is 11.5 Å². The van der Waals surface area contributed by atoms with Crippen LogP contribution in [0.4, 0.5) is 5.69 Å². The molecule has 0 fully saturated rings. The van der Waals surface area contributed by atoms with Crippen LogP contribution in [0.5, 0.6) is 11.5 Å². The summed E-state index contributed by atoms with van der Waals surface area (Å²) in [6, 6.07) is 15.2. The first-order valence-electron chi connectivity index (χ1n) is 7.03. The van der Waals surface area contributed by atoms with Gasteiger partial charge in [0.1, 0.15) is 5.84 Å². The molecular weight excluding hydrogens is 264 g/mol. The van der Waals surface area contributed by atoms with E-state index in [9.17, 15) is 0 Å². The molecule has 0 bridgehead atoms. The molecule has 0 unspecified atom stereocenters. The lowest BCUT2D eigenvalue weighted by Crippen LogP contribution is -2.12. The third kappa shape index (κ3) is 3.99. The maximum atomic E-state index is 6.03. The number of nitrogens with two attached hydrogens (primary N) is 1. The summed E-state index contributed by atoms with van der Waals surface area (Å²) in [6.45, 7) is 5.04. The predicted octanol–water partition coefficient (Wildman–Crippen LogP) is 3.52. The molecule has 4 nitrogen and oxygen atoms in total. The Morgan fingerprint density at radius 3 is 2.29 bits per heavy atom. The second kappa shape index (κ2) is 7.33. The van der Waals surface area contributed by atoms with Crippen molar-refractivity contribution in [1.29, 1.82) is 0 Å². The molecule has 0 aromatic heterocycles. The average Bonchev–Trinajstić information content (AvgIpc) is 2.51. The Labute approximate surface area is 125 Å². The van der Waals surface area contributed by atoms with Crippen LogP contribution in [0.1, 0.15) is 19.4 Å². The molecule has 2 aromatic carbocycles. The van der Waals surface area contributed by atoms with Crippen LogP contribution in [0.25, 0.3) is 0 Å². The van der Waals surface area contributed by atoms with Gasteiger partial charge in [0.15, 0.2) is 11.5 Å². The van der Waals surface area contributed by atoms with Crippen molar-refractivity contribution in [3.05, 3.63) is 54.1 Å². The molecule has 0 spiro atoms. The van der Waals surface area contributed by atoms with Gasteiger partial charge in [0.05, 0.1) is 18.9 Å². The second-order valence-electron chi connectivity index (χ2n) is 4.36. The highest BCUT2D eigenvalue weighted by Crippen LogP contribution is 2.32. The molecule has 0 saturated carbocycles. The highest BCUT2D eigenvalue weighted by atomic mass is 16.5. The van der Waals surface area contributed by atoms with E-state index in [1.54, 1.807) is 0 Å². The lowest BCUT2D eigenvalue weighted by Gasteiger charge is -2.11. The highest BCUT2D eigenvalue weighted by Gasteiger charge is 2.06. The number of benzene rings is 2. The minimum atomic E-state index is 0.474. The van der Waals surface area contributed by atoms with Crippen molar-refractivity contribution in [2.45, 2.75) is 13.8 Å². The van der Waals surface area contributed by atoms with Gasteiger partial charge < -0.3 is 15.2 Å². The van der Waals surface area contributed by atoms with Gasteiger partial charge in [0, 0.05) is 11.6 Å². The fourth-order valence-electron chi connectivity index (χ4n) is 1.92. The van der Waals surface area contributed by atoms with Crippen LogP contribution in [0, 0.1) is 0 Å². The Kier molecular flexibility index (Phi) is 5.21. The van der Waals surface area contributed by atoms with Gasteiger partial charge in [0.2, 0.25) is 0 Å². The molecule has 0 atom stereocenters. The van der Waals surface area contributed by atoms with E-state index in [0.717, 1.165) is 17.0 Å². The van der Waals surface area contributed by atoms with E-state index < -0.39 is 0 Å². The van der Waals surface area contributed by atoms with Gasteiger partial charge in [-0.3, -0.25) is 0 Å². The van der Waals surface area contributed by atoms with Gasteiger partial charge in [-0.2, -0.15) is 0 Å². The van der Waals surface area contributed by atoms with Crippen LogP contribution in [0.2, 0.25) is 0 Å². The lowest BCUT2D eigenvalue weighted by molar-refractivity contribution is 0.288. The fraction of sp³-hybridized carbons (Fsp3) is 0.235. The first kappa shape index (κ1) is 14.9. The predicted molar refractivity (Wildman–Crippen MR) is 85.6 cm³/mol. The Bertz CT molecular complexity index is 609. The molecule has 2 aromatic rings. The van der Waals surface area contributed by atoms with Gasteiger partial charge in [-0.25, -0.2) is 4.99 Å². The standard InChI is InChI=1S/C17H20N2O2/c1-3-20-15-11-10-14(12-16(15)21-4-2)19-17(18)13-8-6-5-7-9-13/h5-12H,3-4H2,1-2H3,(H2,18,19). The van der Waals surface area contributed by atoms with Crippen LogP contribution < -0.4 is 15.2 Å². The third-order valence-corrected chi connectivity index (χ3v) is 2.85. The van der Waals surface area contributed by atoms with Crippen LogP contribution in [0.15, 0.2) is 53.5 Å². The maximum Gasteiger partial charge on any atom is 0.163 e. The number of hydrogen-bond donors (Lipinski definition) is 1. The number of nitrogens with zero attached hydrogens (tertiary/aromatic N) is 1. The molecule has 4 heteroatoms. The zero-order chi connectivity index (χ0) is 15.1. The molecule has 0 saturated heterocycles. The highest BCUT2D eigenvalue weighted by molar-refractivity contribution is 5.99. The molecule has 110 valence electrons. The Morgan fingerprint density at radius 2 is 1.62 bits per heavy atom. The first-order valence-corrected chi connectivity index (χ1v) is 7.03. The Balaban J connectivity index is 2.30. The molecule has 0 heterocycles. The summed E-state index contributed by atoms with van der Waals surface area (Å²) in [5.74, 6) is 1.88. The van der Waals surface area contributed by atoms with E-state index in [2.05, 4.69) is 4.99 Å². The summed E-state index contributed by atoms with van der Waals surface area (Å²) in [5.41, 5.74) is 7.66. The topological polar surface area (TPSA) is 56.8 Å². The van der Waals surface area contributed by atoms with Gasteiger partial charge in [-0.1, -0.05) is 30.3 Å². The summed E-state index contributed by atoms with van der Waals surface area (Å²) in [7, 11) is 0. The van der Waals surface area contributed by atoms with E-state index >= 15 is 0 Å². The molecule has 0 amide bonds. The zero-order valence-electron chi connectivity index (χ0n) is 12.4. The zero-order valence-corrected chi connectivity index (χ0v) is 12.4. The molecule has 0 radical (unpaired) electrons. The SMILES string of the molecule is CCOc1ccc(N=C(N)c2ccccc2)cc1OCC. The summed E-state index contributed by atoms with van der Waals surface area (Å²) in [4.78, 5) is 4.43. The summed E-state index contributed by atoms with van der Waals surface area (Å²) < 4.78 is 11.1. The van der Waals surface area contributed by atoms with Crippen LogP contribution in [-0.2, 0) is 0 Å². The van der Waals surface area contributed by atoms with Crippen molar-refractivity contribution in [2.75, 3.05) is 13.2 Å². The number of amidine groups is 1. The normalized spacial score (nSPS) is 11.2. The molecule has 2 rings (SSSR count). The van der Waals surface area contributed by atoms with Gasteiger partial charge in [-0.15, -0.1) is 0 Å². The second-order valence-corrected chi connectivity index (χ2v) is 4.36. The van der Waals surface area contributed by atoms with E-state index in [0.29, 0.717) is 24.8 Å². The van der Waals surface area contributed by atoms with Crippen molar-refractivity contribution in [3.63, 3.8) is 0 Å². The van der Waals surface area contributed by atoms with Crippen LogP contribution >= 0.6 is 0 Å². The van der Waals surface area contributed by atoms with Crippen LogP contribution in [-0.4, -0.2) is 19.0 Å². The quantitative estimate of drug-likeness (QED) is 0.652. The monoisotopic (exact) mass is 284 g/mol. The maximum absolute atomic E-state index is 6.03. The number of ether oxygens (including phenoxy) is 2. The van der Waals surface area contributed by atoms with Gasteiger partial charge >= 0.3 is 0 Å². The van der Waals surface area contributed by atoms with E-state index in [1.807, 2.05) is 62.4 Å². The minimum absolute atomic E-state index is 0.474. The van der Waals surface area contributed by atoms with Crippen molar-refractivity contribution in [2.24, 2.45) is 10.7 Å². The minimum Gasteiger partial charge on any atom is -0.490 e. The Hall–Kier alpha value is -2.49. The van der Waals surface area contributed by atoms with Crippen molar-refractivity contribution in [1.82, 2.24) is 0 Å². The largest absolute Gasteiger partial charge is 0.490 e. The molecular formula is C17H20N2O2. The smallest absolute Gasteiger partial charge is 0.163 e.